The van der Waals surface area contributed by atoms with Crippen LogP contribution < -0.4 is 4.74 Å². The van der Waals surface area contributed by atoms with Crippen LogP contribution in [0.3, 0.4) is 0 Å². The summed E-state index contributed by atoms with van der Waals surface area (Å²) in [5, 5.41) is 10.1. The molecule has 2 aromatic rings. The fourth-order valence-electron chi connectivity index (χ4n) is 2.01. The maximum atomic E-state index is 10.1. The fraction of sp³-hybridized carbons (Fsp3) is 0.294. The summed E-state index contributed by atoms with van der Waals surface area (Å²) in [5.41, 5.74) is 4.38. The molecule has 100 valence electrons. The minimum atomic E-state index is -0.596. The maximum Gasteiger partial charge on any atom is 0.122 e. The molecule has 0 heterocycles. The van der Waals surface area contributed by atoms with Gasteiger partial charge in [0, 0.05) is 0 Å². The van der Waals surface area contributed by atoms with Crippen molar-refractivity contribution in [3.8, 4) is 5.75 Å². The van der Waals surface area contributed by atoms with Crippen molar-refractivity contribution >= 4 is 0 Å². The maximum absolute atomic E-state index is 10.1. The van der Waals surface area contributed by atoms with E-state index < -0.39 is 6.10 Å². The van der Waals surface area contributed by atoms with Crippen LogP contribution in [0, 0.1) is 20.8 Å². The number of hydrogen-bond donors (Lipinski definition) is 1. The highest BCUT2D eigenvalue weighted by molar-refractivity contribution is 5.35. The second-order valence-electron chi connectivity index (χ2n) is 5.01. The first kappa shape index (κ1) is 13.6. The number of aryl methyl sites for hydroxylation is 3. The van der Waals surface area contributed by atoms with Crippen molar-refractivity contribution < 1.29 is 9.84 Å². The normalized spacial score (nSPS) is 12.2. The van der Waals surface area contributed by atoms with Gasteiger partial charge in [-0.2, -0.15) is 0 Å². The van der Waals surface area contributed by atoms with Gasteiger partial charge >= 0.3 is 0 Å². The summed E-state index contributed by atoms with van der Waals surface area (Å²) in [4.78, 5) is 0. The minimum Gasteiger partial charge on any atom is -0.490 e. The van der Waals surface area contributed by atoms with Gasteiger partial charge in [-0.05, 0) is 38.0 Å². The number of aliphatic hydroxyl groups excluding tert-OH is 1. The molecule has 0 fully saturated rings. The third kappa shape index (κ3) is 3.58. The lowest BCUT2D eigenvalue weighted by Gasteiger charge is -2.14. The Morgan fingerprint density at radius 3 is 2.21 bits per heavy atom. The van der Waals surface area contributed by atoms with Gasteiger partial charge in [0.15, 0.2) is 0 Å². The van der Waals surface area contributed by atoms with Crippen LogP contribution in [-0.2, 0) is 0 Å². The quantitative estimate of drug-likeness (QED) is 0.903. The van der Waals surface area contributed by atoms with Crippen molar-refractivity contribution in [2.24, 2.45) is 0 Å². The first-order chi connectivity index (χ1) is 9.06. The van der Waals surface area contributed by atoms with Crippen molar-refractivity contribution in [3.05, 3.63) is 64.7 Å². The summed E-state index contributed by atoms with van der Waals surface area (Å²) in [7, 11) is 0. The van der Waals surface area contributed by atoms with E-state index in [9.17, 15) is 5.11 Å². The van der Waals surface area contributed by atoms with Crippen molar-refractivity contribution in [3.63, 3.8) is 0 Å². The predicted molar refractivity (Wildman–Crippen MR) is 77.5 cm³/mol. The first-order valence-electron chi connectivity index (χ1n) is 6.51. The average Bonchev–Trinajstić information content (AvgIpc) is 2.38. The van der Waals surface area contributed by atoms with E-state index in [0.29, 0.717) is 0 Å². The van der Waals surface area contributed by atoms with E-state index >= 15 is 0 Å². The Bertz CT molecular complexity index is 544. The van der Waals surface area contributed by atoms with Gasteiger partial charge in [0.1, 0.15) is 18.5 Å². The Kier molecular flexibility index (Phi) is 4.23. The molecule has 0 radical (unpaired) electrons. The highest BCUT2D eigenvalue weighted by Gasteiger charge is 2.09. The topological polar surface area (TPSA) is 29.5 Å². The summed E-state index contributed by atoms with van der Waals surface area (Å²) < 4.78 is 5.69. The van der Waals surface area contributed by atoms with E-state index in [-0.39, 0.29) is 6.61 Å². The van der Waals surface area contributed by atoms with E-state index in [1.54, 1.807) is 0 Å². The third-order valence-electron chi connectivity index (χ3n) is 3.19. The molecular weight excluding hydrogens is 236 g/mol. The van der Waals surface area contributed by atoms with Gasteiger partial charge < -0.3 is 9.84 Å². The van der Waals surface area contributed by atoms with Crippen LogP contribution >= 0.6 is 0 Å². The molecule has 0 aliphatic heterocycles. The Balaban J connectivity index is 2.00. The number of hydrogen-bond acceptors (Lipinski definition) is 2. The van der Waals surface area contributed by atoms with Gasteiger partial charge in [-0.25, -0.2) is 0 Å². The summed E-state index contributed by atoms with van der Waals surface area (Å²) >= 11 is 0. The van der Waals surface area contributed by atoms with Crippen molar-refractivity contribution in [1.29, 1.82) is 0 Å². The largest absolute Gasteiger partial charge is 0.490 e. The molecule has 0 spiro atoms. The predicted octanol–water partition coefficient (Wildman–Crippen LogP) is 3.72. The SMILES string of the molecule is Cc1ccc(C(O)COc2ccc(C)cc2C)cc1. The number of ether oxygens (including phenoxy) is 1. The molecule has 0 aliphatic rings. The molecule has 0 saturated heterocycles. The standard InChI is InChI=1S/C17H20O2/c1-12-4-7-15(8-5-12)16(18)11-19-17-9-6-13(2)10-14(17)3/h4-10,16,18H,11H2,1-3H3. The molecular formula is C17H20O2. The molecule has 0 aliphatic carbocycles. The molecule has 19 heavy (non-hydrogen) atoms. The van der Waals surface area contributed by atoms with Crippen molar-refractivity contribution in [2.75, 3.05) is 6.61 Å². The summed E-state index contributed by atoms with van der Waals surface area (Å²) in [6.07, 6.45) is -0.596. The van der Waals surface area contributed by atoms with Crippen LogP contribution in [0.25, 0.3) is 0 Å². The lowest BCUT2D eigenvalue weighted by molar-refractivity contribution is 0.108. The second-order valence-corrected chi connectivity index (χ2v) is 5.01. The van der Waals surface area contributed by atoms with Gasteiger partial charge in [0.2, 0.25) is 0 Å². The number of benzene rings is 2. The molecule has 2 nitrogen and oxygen atoms in total. The van der Waals surface area contributed by atoms with Crippen molar-refractivity contribution in [2.45, 2.75) is 26.9 Å². The van der Waals surface area contributed by atoms with E-state index in [0.717, 1.165) is 16.9 Å². The van der Waals surface area contributed by atoms with E-state index in [2.05, 4.69) is 13.0 Å². The Morgan fingerprint density at radius 1 is 0.947 bits per heavy atom. The third-order valence-corrected chi connectivity index (χ3v) is 3.19. The molecule has 0 saturated carbocycles. The number of aliphatic hydroxyl groups is 1. The van der Waals surface area contributed by atoms with Crippen LogP contribution in [0.5, 0.6) is 5.75 Å². The highest BCUT2D eigenvalue weighted by atomic mass is 16.5. The molecule has 2 aromatic carbocycles. The zero-order valence-corrected chi connectivity index (χ0v) is 11.7. The van der Waals surface area contributed by atoms with Crippen LogP contribution in [0.15, 0.2) is 42.5 Å². The summed E-state index contributed by atoms with van der Waals surface area (Å²) in [6.45, 7) is 6.37. The molecule has 1 unspecified atom stereocenters. The Labute approximate surface area is 114 Å². The van der Waals surface area contributed by atoms with Crippen LogP contribution in [0.1, 0.15) is 28.4 Å². The molecule has 1 atom stereocenters. The molecule has 0 aromatic heterocycles. The molecule has 0 bridgehead atoms. The Hall–Kier alpha value is -1.80. The molecule has 1 N–H and O–H groups in total. The lowest BCUT2D eigenvalue weighted by Crippen LogP contribution is -2.10. The number of rotatable bonds is 4. The van der Waals surface area contributed by atoms with Crippen LogP contribution in [-0.4, -0.2) is 11.7 Å². The average molecular weight is 256 g/mol. The van der Waals surface area contributed by atoms with E-state index in [1.807, 2.05) is 50.2 Å². The lowest BCUT2D eigenvalue weighted by atomic mass is 10.1. The molecule has 0 amide bonds. The Morgan fingerprint density at radius 2 is 1.58 bits per heavy atom. The van der Waals surface area contributed by atoms with Gasteiger partial charge in [-0.15, -0.1) is 0 Å². The van der Waals surface area contributed by atoms with Gasteiger partial charge in [0.05, 0.1) is 0 Å². The second kappa shape index (κ2) is 5.89. The molecule has 2 heteroatoms. The van der Waals surface area contributed by atoms with Gasteiger partial charge in [-0.3, -0.25) is 0 Å². The first-order valence-corrected chi connectivity index (χ1v) is 6.51. The van der Waals surface area contributed by atoms with Gasteiger partial charge in [0.25, 0.3) is 0 Å². The summed E-state index contributed by atoms with van der Waals surface area (Å²) in [6, 6.07) is 13.9. The zero-order chi connectivity index (χ0) is 13.8. The van der Waals surface area contributed by atoms with Crippen molar-refractivity contribution in [1.82, 2.24) is 0 Å². The van der Waals surface area contributed by atoms with Gasteiger partial charge in [-0.1, -0.05) is 47.5 Å². The fourth-order valence-corrected chi connectivity index (χ4v) is 2.01. The molecule has 2 rings (SSSR count). The minimum absolute atomic E-state index is 0.271. The van der Waals surface area contributed by atoms with Crippen LogP contribution in [0.4, 0.5) is 0 Å². The zero-order valence-electron chi connectivity index (χ0n) is 11.7. The highest BCUT2D eigenvalue weighted by Crippen LogP contribution is 2.21. The van der Waals surface area contributed by atoms with Crippen LogP contribution in [0.2, 0.25) is 0 Å². The monoisotopic (exact) mass is 256 g/mol. The van der Waals surface area contributed by atoms with E-state index in [1.165, 1.54) is 11.1 Å². The smallest absolute Gasteiger partial charge is 0.122 e. The van der Waals surface area contributed by atoms with E-state index in [4.69, 9.17) is 4.74 Å². The summed E-state index contributed by atoms with van der Waals surface area (Å²) in [5.74, 6) is 0.830.